The minimum atomic E-state index is 0.287. The number of thiol groups is 1. The van der Waals surface area contributed by atoms with E-state index < -0.39 is 0 Å². The molecule has 1 aliphatic rings. The molecule has 0 aromatic heterocycles. The third-order valence-electron chi connectivity index (χ3n) is 4.92. The lowest BCUT2D eigenvalue weighted by Gasteiger charge is -2.39. The lowest BCUT2D eigenvalue weighted by atomic mass is 9.75. The number of rotatable bonds is 5. The molecule has 0 spiro atoms. The van der Waals surface area contributed by atoms with E-state index in [0.717, 1.165) is 30.1 Å². The molecule has 0 aliphatic heterocycles. The van der Waals surface area contributed by atoms with Crippen LogP contribution < -0.4 is 0 Å². The van der Waals surface area contributed by atoms with Crippen LogP contribution >= 0.6 is 12.6 Å². The van der Waals surface area contributed by atoms with Crippen LogP contribution in [-0.2, 0) is 4.74 Å². The lowest BCUT2D eigenvalue weighted by Crippen LogP contribution is -2.37. The van der Waals surface area contributed by atoms with Gasteiger partial charge in [-0.1, -0.05) is 48.0 Å². The van der Waals surface area contributed by atoms with Crippen LogP contribution in [0, 0.1) is 29.1 Å². The fourth-order valence-electron chi connectivity index (χ4n) is 3.12. The van der Waals surface area contributed by atoms with Crippen molar-refractivity contribution in [3.8, 4) is 0 Å². The summed E-state index contributed by atoms with van der Waals surface area (Å²) >= 11 is 4.51. The van der Waals surface area contributed by atoms with Gasteiger partial charge in [-0.2, -0.15) is 12.6 Å². The molecule has 0 heterocycles. The van der Waals surface area contributed by atoms with Gasteiger partial charge in [0, 0.05) is 0 Å². The van der Waals surface area contributed by atoms with Crippen LogP contribution in [0.25, 0.3) is 0 Å². The highest BCUT2D eigenvalue weighted by Gasteiger charge is 2.33. The van der Waals surface area contributed by atoms with Crippen molar-refractivity contribution in [2.75, 3.05) is 12.4 Å². The minimum absolute atomic E-state index is 0.287. The molecule has 1 rings (SSSR count). The standard InChI is InChI=1S/C17H34OS/c1-12(2)15-8-7-13(3)9-16(15)18-10-14(11-19)17(4,5)6/h12-16,19H,7-11H2,1-6H3. The van der Waals surface area contributed by atoms with Gasteiger partial charge in [0.25, 0.3) is 0 Å². The molecular weight excluding hydrogens is 252 g/mol. The third kappa shape index (κ3) is 5.30. The molecule has 4 unspecified atom stereocenters. The number of hydrogen-bond donors (Lipinski definition) is 1. The molecule has 0 N–H and O–H groups in total. The van der Waals surface area contributed by atoms with E-state index in [2.05, 4.69) is 54.2 Å². The molecular formula is C17H34OS. The van der Waals surface area contributed by atoms with Crippen LogP contribution in [-0.4, -0.2) is 18.5 Å². The van der Waals surface area contributed by atoms with E-state index in [-0.39, 0.29) is 5.41 Å². The van der Waals surface area contributed by atoms with Crippen molar-refractivity contribution in [2.45, 2.75) is 66.9 Å². The zero-order valence-corrected chi connectivity index (χ0v) is 14.7. The predicted octanol–water partition coefficient (Wildman–Crippen LogP) is 5.06. The molecule has 0 aromatic carbocycles. The fourth-order valence-corrected chi connectivity index (χ4v) is 3.78. The van der Waals surface area contributed by atoms with Gasteiger partial charge in [-0.05, 0) is 47.7 Å². The Labute approximate surface area is 126 Å². The first-order chi connectivity index (χ1) is 8.75. The van der Waals surface area contributed by atoms with Gasteiger partial charge in [-0.3, -0.25) is 0 Å². The second-order valence-electron chi connectivity index (χ2n) is 7.94. The van der Waals surface area contributed by atoms with Crippen molar-refractivity contribution in [3.05, 3.63) is 0 Å². The quantitative estimate of drug-likeness (QED) is 0.695. The third-order valence-corrected chi connectivity index (χ3v) is 5.36. The highest BCUT2D eigenvalue weighted by atomic mass is 32.1. The first-order valence-corrected chi connectivity index (χ1v) is 8.61. The number of ether oxygens (including phenoxy) is 1. The molecule has 1 aliphatic carbocycles. The summed E-state index contributed by atoms with van der Waals surface area (Å²) in [5.74, 6) is 3.77. The van der Waals surface area contributed by atoms with Crippen molar-refractivity contribution >= 4 is 12.6 Å². The Morgan fingerprint density at radius 2 is 1.84 bits per heavy atom. The summed E-state index contributed by atoms with van der Waals surface area (Å²) in [6, 6.07) is 0. The molecule has 19 heavy (non-hydrogen) atoms. The smallest absolute Gasteiger partial charge is 0.0608 e. The summed E-state index contributed by atoms with van der Waals surface area (Å²) in [5.41, 5.74) is 0.287. The molecule has 1 nitrogen and oxygen atoms in total. The zero-order valence-electron chi connectivity index (χ0n) is 13.8. The summed E-state index contributed by atoms with van der Waals surface area (Å²) in [6.07, 6.45) is 4.42. The Balaban J connectivity index is 2.56. The van der Waals surface area contributed by atoms with Crippen molar-refractivity contribution in [1.82, 2.24) is 0 Å². The van der Waals surface area contributed by atoms with Crippen molar-refractivity contribution < 1.29 is 4.74 Å². The molecule has 1 fully saturated rings. The molecule has 0 radical (unpaired) electrons. The molecule has 1 saturated carbocycles. The maximum Gasteiger partial charge on any atom is 0.0608 e. The van der Waals surface area contributed by atoms with Crippen molar-refractivity contribution in [3.63, 3.8) is 0 Å². The maximum absolute atomic E-state index is 6.36. The van der Waals surface area contributed by atoms with E-state index in [1.165, 1.54) is 19.3 Å². The van der Waals surface area contributed by atoms with Crippen LogP contribution in [0.4, 0.5) is 0 Å². The summed E-state index contributed by atoms with van der Waals surface area (Å²) in [6.45, 7) is 14.8. The molecule has 0 aromatic rings. The van der Waals surface area contributed by atoms with Crippen molar-refractivity contribution in [1.29, 1.82) is 0 Å². The topological polar surface area (TPSA) is 9.23 Å². The Morgan fingerprint density at radius 3 is 2.32 bits per heavy atom. The molecule has 0 bridgehead atoms. The fraction of sp³-hybridized carbons (Fsp3) is 1.00. The van der Waals surface area contributed by atoms with Crippen LogP contribution in [0.2, 0.25) is 0 Å². The van der Waals surface area contributed by atoms with Crippen LogP contribution in [0.15, 0.2) is 0 Å². The maximum atomic E-state index is 6.36. The second-order valence-corrected chi connectivity index (χ2v) is 8.31. The zero-order chi connectivity index (χ0) is 14.6. The van der Waals surface area contributed by atoms with Crippen LogP contribution in [0.5, 0.6) is 0 Å². The van der Waals surface area contributed by atoms with E-state index in [1.807, 2.05) is 0 Å². The molecule has 2 heteroatoms. The Morgan fingerprint density at radius 1 is 1.21 bits per heavy atom. The van der Waals surface area contributed by atoms with Gasteiger partial charge in [0.2, 0.25) is 0 Å². The summed E-state index contributed by atoms with van der Waals surface area (Å²) in [7, 11) is 0. The van der Waals surface area contributed by atoms with Crippen LogP contribution in [0.1, 0.15) is 60.8 Å². The van der Waals surface area contributed by atoms with E-state index in [1.54, 1.807) is 0 Å². The number of hydrogen-bond acceptors (Lipinski definition) is 2. The monoisotopic (exact) mass is 286 g/mol. The van der Waals surface area contributed by atoms with Crippen molar-refractivity contribution in [2.24, 2.45) is 29.1 Å². The highest BCUT2D eigenvalue weighted by molar-refractivity contribution is 7.80. The minimum Gasteiger partial charge on any atom is -0.378 e. The van der Waals surface area contributed by atoms with Crippen LogP contribution in [0.3, 0.4) is 0 Å². The average molecular weight is 287 g/mol. The molecule has 0 amide bonds. The Bertz CT molecular complexity index is 256. The van der Waals surface area contributed by atoms with E-state index in [9.17, 15) is 0 Å². The Kier molecular flexibility index (Phi) is 6.72. The normalized spacial score (nSPS) is 30.6. The predicted molar refractivity (Wildman–Crippen MR) is 87.9 cm³/mol. The Hall–Kier alpha value is 0.310. The first kappa shape index (κ1) is 17.4. The molecule has 114 valence electrons. The molecule has 0 saturated heterocycles. The summed E-state index contributed by atoms with van der Waals surface area (Å²) in [5, 5.41) is 0. The summed E-state index contributed by atoms with van der Waals surface area (Å²) < 4.78 is 6.36. The van der Waals surface area contributed by atoms with Gasteiger partial charge in [0.1, 0.15) is 0 Å². The van der Waals surface area contributed by atoms with Gasteiger partial charge in [-0.25, -0.2) is 0 Å². The van der Waals surface area contributed by atoms with Gasteiger partial charge in [0.05, 0.1) is 12.7 Å². The second kappa shape index (κ2) is 7.36. The van der Waals surface area contributed by atoms with E-state index in [0.29, 0.717) is 12.0 Å². The SMILES string of the molecule is CC1CCC(C(C)C)C(OCC(CS)C(C)(C)C)C1. The average Bonchev–Trinajstić information content (AvgIpc) is 2.27. The van der Waals surface area contributed by atoms with E-state index >= 15 is 0 Å². The summed E-state index contributed by atoms with van der Waals surface area (Å²) in [4.78, 5) is 0. The molecule has 4 atom stereocenters. The van der Waals surface area contributed by atoms with E-state index in [4.69, 9.17) is 4.74 Å². The lowest BCUT2D eigenvalue weighted by molar-refractivity contribution is -0.0604. The highest BCUT2D eigenvalue weighted by Crippen LogP contribution is 2.36. The van der Waals surface area contributed by atoms with Gasteiger partial charge in [0.15, 0.2) is 0 Å². The first-order valence-electron chi connectivity index (χ1n) is 7.98. The van der Waals surface area contributed by atoms with Gasteiger partial charge >= 0.3 is 0 Å². The van der Waals surface area contributed by atoms with Gasteiger partial charge < -0.3 is 4.74 Å². The largest absolute Gasteiger partial charge is 0.378 e. The van der Waals surface area contributed by atoms with Gasteiger partial charge in [-0.15, -0.1) is 0 Å².